The van der Waals surface area contributed by atoms with Crippen LogP contribution >= 0.6 is 0 Å². The highest BCUT2D eigenvalue weighted by Gasteiger charge is 2.06. The van der Waals surface area contributed by atoms with E-state index in [0.717, 1.165) is 0 Å². The van der Waals surface area contributed by atoms with E-state index in [2.05, 4.69) is 10.3 Å². The van der Waals surface area contributed by atoms with Crippen molar-refractivity contribution in [3.8, 4) is 0 Å². The van der Waals surface area contributed by atoms with E-state index in [1.54, 1.807) is 17.1 Å². The Morgan fingerprint density at radius 2 is 2.40 bits per heavy atom. The molecule has 1 aromatic rings. The number of aliphatic hydroxyl groups excluding tert-OH is 1. The summed E-state index contributed by atoms with van der Waals surface area (Å²) in [5, 5.41) is 11.7. The van der Waals surface area contributed by atoms with Crippen LogP contribution in [-0.2, 0) is 17.9 Å². The van der Waals surface area contributed by atoms with Crippen molar-refractivity contribution in [2.75, 3.05) is 6.54 Å². The third-order valence-corrected chi connectivity index (χ3v) is 1.98. The molecule has 0 saturated carbocycles. The first-order chi connectivity index (χ1) is 7.13. The third kappa shape index (κ3) is 3.71. The molecule has 0 aromatic carbocycles. The number of hydrogen-bond donors (Lipinski definition) is 2. The number of nitrogens with zero attached hydrogens (tertiary/aromatic N) is 2. The van der Waals surface area contributed by atoms with Crippen LogP contribution < -0.4 is 5.32 Å². The molecule has 0 aliphatic heterocycles. The van der Waals surface area contributed by atoms with Crippen molar-refractivity contribution in [2.45, 2.75) is 27.0 Å². The number of imidazole rings is 1. The Morgan fingerprint density at radius 1 is 1.67 bits per heavy atom. The van der Waals surface area contributed by atoms with Crippen molar-refractivity contribution in [1.82, 2.24) is 14.9 Å². The van der Waals surface area contributed by atoms with E-state index >= 15 is 0 Å². The predicted octanol–water partition coefficient (Wildman–Crippen LogP) is 0.148. The normalized spacial score (nSPS) is 10.7. The Kier molecular flexibility index (Phi) is 4.30. The number of carbonyl (C=O) groups excluding carboxylic acids is 1. The Balaban J connectivity index is 2.44. The molecule has 84 valence electrons. The summed E-state index contributed by atoms with van der Waals surface area (Å²) in [7, 11) is 0. The number of carbonyl (C=O) groups is 1. The fourth-order valence-corrected chi connectivity index (χ4v) is 1.15. The fraction of sp³-hybridized carbons (Fsp3) is 0.600. The number of hydrogen-bond acceptors (Lipinski definition) is 3. The molecular formula is C10H17N3O2. The minimum absolute atomic E-state index is 0.0589. The summed E-state index contributed by atoms with van der Waals surface area (Å²) in [5.74, 6) is 0.380. The van der Waals surface area contributed by atoms with Crippen LogP contribution in [0.2, 0.25) is 0 Å². The van der Waals surface area contributed by atoms with Crippen LogP contribution in [0.4, 0.5) is 0 Å². The highest BCUT2D eigenvalue weighted by atomic mass is 16.3. The Labute approximate surface area is 89.1 Å². The number of rotatable bonds is 5. The maximum Gasteiger partial charge on any atom is 0.239 e. The Bertz CT molecular complexity index is 320. The molecule has 0 aliphatic carbocycles. The van der Waals surface area contributed by atoms with E-state index in [9.17, 15) is 4.79 Å². The predicted molar refractivity (Wildman–Crippen MR) is 56.0 cm³/mol. The third-order valence-electron chi connectivity index (χ3n) is 1.98. The molecule has 0 unspecified atom stereocenters. The van der Waals surface area contributed by atoms with Crippen molar-refractivity contribution < 1.29 is 9.90 Å². The molecule has 0 spiro atoms. The minimum Gasteiger partial charge on any atom is -0.390 e. The van der Waals surface area contributed by atoms with Gasteiger partial charge in [0.25, 0.3) is 0 Å². The maximum absolute atomic E-state index is 11.4. The fourth-order valence-electron chi connectivity index (χ4n) is 1.15. The van der Waals surface area contributed by atoms with Gasteiger partial charge in [-0.25, -0.2) is 4.98 Å². The van der Waals surface area contributed by atoms with Gasteiger partial charge < -0.3 is 15.0 Å². The summed E-state index contributed by atoms with van der Waals surface area (Å²) in [6, 6.07) is 0. The zero-order chi connectivity index (χ0) is 11.3. The van der Waals surface area contributed by atoms with Crippen LogP contribution in [0.15, 0.2) is 12.5 Å². The van der Waals surface area contributed by atoms with E-state index < -0.39 is 0 Å². The standard InChI is InChI=1S/C10H17N3O2/c1-8(2)3-12-10(15)5-13-7-11-4-9(13)6-14/h4,7-8,14H,3,5-6H2,1-2H3,(H,12,15). The lowest BCUT2D eigenvalue weighted by atomic mass is 10.2. The highest BCUT2D eigenvalue weighted by Crippen LogP contribution is 1.98. The van der Waals surface area contributed by atoms with E-state index in [0.29, 0.717) is 18.2 Å². The lowest BCUT2D eigenvalue weighted by Crippen LogP contribution is -2.30. The Morgan fingerprint density at radius 3 is 3.00 bits per heavy atom. The topological polar surface area (TPSA) is 67.2 Å². The first kappa shape index (κ1) is 11.7. The van der Waals surface area contributed by atoms with Crippen LogP contribution in [0, 0.1) is 5.92 Å². The summed E-state index contributed by atoms with van der Waals surface area (Å²) >= 11 is 0. The molecule has 5 nitrogen and oxygen atoms in total. The number of nitrogens with one attached hydrogen (secondary N) is 1. The van der Waals surface area contributed by atoms with Crippen LogP contribution in [0.25, 0.3) is 0 Å². The lowest BCUT2D eigenvalue weighted by molar-refractivity contribution is -0.121. The zero-order valence-corrected chi connectivity index (χ0v) is 9.10. The molecule has 0 atom stereocenters. The van der Waals surface area contributed by atoms with Gasteiger partial charge in [0.2, 0.25) is 5.91 Å². The summed E-state index contributed by atoms with van der Waals surface area (Å²) in [4.78, 5) is 15.3. The average Bonchev–Trinajstić information content (AvgIpc) is 2.62. The second-order valence-corrected chi connectivity index (χ2v) is 3.87. The van der Waals surface area contributed by atoms with Crippen molar-refractivity contribution in [3.63, 3.8) is 0 Å². The summed E-state index contributed by atoms with van der Waals surface area (Å²) < 4.78 is 1.63. The first-order valence-corrected chi connectivity index (χ1v) is 5.00. The molecule has 2 N–H and O–H groups in total. The second-order valence-electron chi connectivity index (χ2n) is 3.87. The summed E-state index contributed by atoms with van der Waals surface area (Å²) in [5.41, 5.74) is 0.648. The van der Waals surface area contributed by atoms with Gasteiger partial charge in [-0.1, -0.05) is 13.8 Å². The quantitative estimate of drug-likeness (QED) is 0.728. The van der Waals surface area contributed by atoms with Crippen molar-refractivity contribution in [1.29, 1.82) is 0 Å². The molecule has 0 fully saturated rings. The van der Waals surface area contributed by atoms with Crippen LogP contribution in [0.1, 0.15) is 19.5 Å². The largest absolute Gasteiger partial charge is 0.390 e. The number of aliphatic hydroxyl groups is 1. The van der Waals surface area contributed by atoms with Gasteiger partial charge in [-0.2, -0.15) is 0 Å². The average molecular weight is 211 g/mol. The van der Waals surface area contributed by atoms with E-state index in [-0.39, 0.29) is 19.1 Å². The van der Waals surface area contributed by atoms with Crippen molar-refractivity contribution in [3.05, 3.63) is 18.2 Å². The minimum atomic E-state index is -0.0997. The van der Waals surface area contributed by atoms with Gasteiger partial charge >= 0.3 is 0 Å². The molecule has 0 aliphatic rings. The maximum atomic E-state index is 11.4. The lowest BCUT2D eigenvalue weighted by Gasteiger charge is -2.09. The molecule has 1 rings (SSSR count). The monoisotopic (exact) mass is 211 g/mol. The molecule has 1 amide bonds. The molecular weight excluding hydrogens is 194 g/mol. The van der Waals surface area contributed by atoms with Gasteiger partial charge in [-0.3, -0.25) is 4.79 Å². The van der Waals surface area contributed by atoms with Crippen molar-refractivity contribution in [2.24, 2.45) is 5.92 Å². The van der Waals surface area contributed by atoms with Gasteiger partial charge in [-0.15, -0.1) is 0 Å². The van der Waals surface area contributed by atoms with Crippen LogP contribution in [0.5, 0.6) is 0 Å². The smallest absolute Gasteiger partial charge is 0.239 e. The van der Waals surface area contributed by atoms with Crippen molar-refractivity contribution >= 4 is 5.91 Å². The zero-order valence-electron chi connectivity index (χ0n) is 9.10. The molecule has 1 aromatic heterocycles. The molecule has 15 heavy (non-hydrogen) atoms. The molecule has 0 radical (unpaired) electrons. The highest BCUT2D eigenvalue weighted by molar-refractivity contribution is 5.75. The SMILES string of the molecule is CC(C)CNC(=O)Cn1cncc1CO. The van der Waals surface area contributed by atoms with Gasteiger partial charge in [-0.05, 0) is 5.92 Å². The van der Waals surface area contributed by atoms with Gasteiger partial charge in [0.15, 0.2) is 0 Å². The molecule has 5 heteroatoms. The molecule has 1 heterocycles. The van der Waals surface area contributed by atoms with Crippen LogP contribution in [-0.4, -0.2) is 27.1 Å². The number of amides is 1. The van der Waals surface area contributed by atoms with Gasteiger partial charge in [0.1, 0.15) is 6.54 Å². The second kappa shape index (κ2) is 5.50. The van der Waals surface area contributed by atoms with Gasteiger partial charge in [0, 0.05) is 6.54 Å². The van der Waals surface area contributed by atoms with E-state index in [1.807, 2.05) is 13.8 Å². The van der Waals surface area contributed by atoms with Gasteiger partial charge in [0.05, 0.1) is 24.8 Å². The molecule has 0 saturated heterocycles. The number of aromatic nitrogens is 2. The first-order valence-electron chi connectivity index (χ1n) is 5.00. The van der Waals surface area contributed by atoms with E-state index in [1.165, 1.54) is 0 Å². The summed E-state index contributed by atoms with van der Waals surface area (Å²) in [6.07, 6.45) is 3.09. The Hall–Kier alpha value is -1.36. The van der Waals surface area contributed by atoms with E-state index in [4.69, 9.17) is 5.11 Å². The summed E-state index contributed by atoms with van der Waals surface area (Å²) in [6.45, 7) is 4.86. The van der Waals surface area contributed by atoms with Crippen LogP contribution in [0.3, 0.4) is 0 Å². The molecule has 0 bridgehead atoms.